The molecule has 0 atom stereocenters. The summed E-state index contributed by atoms with van der Waals surface area (Å²) in [5.74, 6) is 0.105. The predicted octanol–water partition coefficient (Wildman–Crippen LogP) is 6.68. The van der Waals surface area contributed by atoms with Crippen LogP contribution in [0.1, 0.15) is 90.8 Å². The molecule has 2 aromatic carbocycles. The second kappa shape index (κ2) is 11.8. The molecule has 230 valence electrons. The molecule has 0 aliphatic heterocycles. The molecule has 45 heavy (non-hydrogen) atoms. The van der Waals surface area contributed by atoms with Crippen molar-refractivity contribution in [3.8, 4) is 5.82 Å². The molecular formula is C35H35N5O5. The molecule has 0 radical (unpaired) electrons. The molecule has 10 nitrogen and oxygen atoms in total. The third-order valence-corrected chi connectivity index (χ3v) is 9.08. The molecule has 2 fully saturated rings. The molecule has 2 aliphatic rings. The van der Waals surface area contributed by atoms with Crippen LogP contribution in [0, 0.1) is 0 Å². The van der Waals surface area contributed by atoms with Crippen LogP contribution in [0.5, 0.6) is 0 Å². The Morgan fingerprint density at radius 3 is 2.58 bits per heavy atom. The molecule has 2 aliphatic carbocycles. The van der Waals surface area contributed by atoms with Crippen molar-refractivity contribution in [2.24, 2.45) is 0 Å². The first-order chi connectivity index (χ1) is 21.9. The average molecular weight is 606 g/mol. The maximum atomic E-state index is 13.6. The van der Waals surface area contributed by atoms with Crippen molar-refractivity contribution in [3.05, 3.63) is 83.9 Å². The fraction of sp³-hybridized carbons (Fsp3) is 0.343. The monoisotopic (exact) mass is 605 g/mol. The lowest BCUT2D eigenvalue weighted by molar-refractivity contribution is -0.125. The quantitative estimate of drug-likeness (QED) is 0.189. The molecule has 0 spiro atoms. The van der Waals surface area contributed by atoms with Crippen LogP contribution in [-0.2, 0) is 9.53 Å². The SMILES string of the molecule is CCOC(=O)c1cc2cc(NC(=O)C3(NC(=O)c4ccc5c(C6CCCCC6)n(-c6ccccn6)nc5c4)CCC3)ccc2o1. The summed E-state index contributed by atoms with van der Waals surface area (Å²) >= 11 is 0. The number of esters is 1. The van der Waals surface area contributed by atoms with Crippen LogP contribution >= 0.6 is 0 Å². The molecule has 5 aromatic rings. The third-order valence-electron chi connectivity index (χ3n) is 9.08. The van der Waals surface area contributed by atoms with Gasteiger partial charge in [-0.2, -0.15) is 5.10 Å². The number of fused-ring (bicyclic) bond motifs is 2. The summed E-state index contributed by atoms with van der Waals surface area (Å²) in [7, 11) is 0. The predicted molar refractivity (Wildman–Crippen MR) is 170 cm³/mol. The number of ether oxygens (including phenoxy) is 1. The standard InChI is InChI=1S/C35H35N5O5/c1-2-44-33(42)29-21-24-19-25(13-15-28(24)45-29)37-34(43)35(16-8-17-35)38-32(41)23-12-14-26-27(20-23)39-40(30-11-6-7-18-36-30)31(26)22-9-4-3-5-10-22/h6-7,11-15,18-22H,2-5,8-10,16-17H2,1H3,(H,37,43)(H,38,41). The van der Waals surface area contributed by atoms with Gasteiger partial charge in [-0.15, -0.1) is 0 Å². The van der Waals surface area contributed by atoms with E-state index in [0.29, 0.717) is 41.0 Å². The first kappa shape index (κ1) is 28.8. The normalized spacial score (nSPS) is 16.3. The van der Waals surface area contributed by atoms with E-state index in [1.165, 1.54) is 19.3 Å². The minimum atomic E-state index is -1.02. The molecule has 2 N–H and O–H groups in total. The van der Waals surface area contributed by atoms with Gasteiger partial charge in [0, 0.05) is 34.1 Å². The van der Waals surface area contributed by atoms with E-state index in [0.717, 1.165) is 41.7 Å². The van der Waals surface area contributed by atoms with E-state index in [1.807, 2.05) is 41.1 Å². The Morgan fingerprint density at radius 2 is 1.84 bits per heavy atom. The van der Waals surface area contributed by atoms with Gasteiger partial charge >= 0.3 is 5.97 Å². The highest BCUT2D eigenvalue weighted by molar-refractivity contribution is 6.06. The van der Waals surface area contributed by atoms with Gasteiger partial charge in [-0.05, 0) is 87.6 Å². The van der Waals surface area contributed by atoms with Crippen molar-refractivity contribution in [1.29, 1.82) is 0 Å². The van der Waals surface area contributed by atoms with Gasteiger partial charge in [0.25, 0.3) is 5.91 Å². The van der Waals surface area contributed by atoms with Gasteiger partial charge < -0.3 is 19.8 Å². The maximum Gasteiger partial charge on any atom is 0.374 e. The number of anilines is 1. The Bertz CT molecular complexity index is 1900. The maximum absolute atomic E-state index is 13.6. The summed E-state index contributed by atoms with van der Waals surface area (Å²) in [5, 5.41) is 12.6. The highest BCUT2D eigenvalue weighted by Gasteiger charge is 2.45. The first-order valence-corrected chi connectivity index (χ1v) is 15.7. The molecule has 0 unspecified atom stereocenters. The van der Waals surface area contributed by atoms with Gasteiger partial charge in [-0.1, -0.05) is 31.4 Å². The lowest BCUT2D eigenvalue weighted by Gasteiger charge is -2.40. The van der Waals surface area contributed by atoms with Gasteiger partial charge in [0.15, 0.2) is 5.82 Å². The van der Waals surface area contributed by atoms with Crippen LogP contribution in [-0.4, -0.2) is 44.7 Å². The minimum absolute atomic E-state index is 0.103. The van der Waals surface area contributed by atoms with Gasteiger partial charge in [0.2, 0.25) is 11.7 Å². The first-order valence-electron chi connectivity index (χ1n) is 15.7. The van der Waals surface area contributed by atoms with Crippen molar-refractivity contribution >= 4 is 45.3 Å². The van der Waals surface area contributed by atoms with Crippen molar-refractivity contribution in [1.82, 2.24) is 20.1 Å². The Kier molecular flexibility index (Phi) is 7.56. The van der Waals surface area contributed by atoms with Gasteiger partial charge in [-0.3, -0.25) is 9.59 Å². The number of nitrogens with zero attached hydrogens (tertiary/aromatic N) is 3. The summed E-state index contributed by atoms with van der Waals surface area (Å²) in [6.07, 6.45) is 9.50. The average Bonchev–Trinajstić information content (AvgIpc) is 3.65. The summed E-state index contributed by atoms with van der Waals surface area (Å²) in [5.41, 5.74) is 2.37. The van der Waals surface area contributed by atoms with E-state index in [2.05, 4.69) is 15.6 Å². The fourth-order valence-electron chi connectivity index (χ4n) is 6.57. The van der Waals surface area contributed by atoms with Crippen molar-refractivity contribution in [2.75, 3.05) is 11.9 Å². The van der Waals surface area contributed by atoms with Crippen LogP contribution in [0.15, 0.2) is 71.3 Å². The topological polar surface area (TPSA) is 128 Å². The van der Waals surface area contributed by atoms with Gasteiger partial charge in [0.1, 0.15) is 11.1 Å². The Morgan fingerprint density at radius 1 is 1.00 bits per heavy atom. The number of carbonyl (C=O) groups is 3. The lowest BCUT2D eigenvalue weighted by Crippen LogP contribution is -2.61. The van der Waals surface area contributed by atoms with Crippen LogP contribution in [0.2, 0.25) is 0 Å². The zero-order chi connectivity index (χ0) is 31.0. The zero-order valence-corrected chi connectivity index (χ0v) is 25.2. The molecule has 3 aromatic heterocycles. The summed E-state index contributed by atoms with van der Waals surface area (Å²) < 4.78 is 12.5. The van der Waals surface area contributed by atoms with E-state index in [9.17, 15) is 14.4 Å². The number of benzene rings is 2. The van der Waals surface area contributed by atoms with Crippen LogP contribution < -0.4 is 10.6 Å². The molecule has 7 rings (SSSR count). The molecule has 10 heteroatoms. The number of rotatable bonds is 8. The highest BCUT2D eigenvalue weighted by Crippen LogP contribution is 2.38. The summed E-state index contributed by atoms with van der Waals surface area (Å²) in [6.45, 7) is 1.97. The number of pyridine rings is 1. The molecule has 2 saturated carbocycles. The number of hydrogen-bond donors (Lipinski definition) is 2. The second-order valence-corrected chi connectivity index (χ2v) is 12.0. The number of furan rings is 1. The van der Waals surface area contributed by atoms with Crippen molar-refractivity contribution in [2.45, 2.75) is 69.7 Å². The van der Waals surface area contributed by atoms with Crippen LogP contribution in [0.25, 0.3) is 27.7 Å². The van der Waals surface area contributed by atoms with Crippen LogP contribution in [0.3, 0.4) is 0 Å². The molecule has 0 saturated heterocycles. The van der Waals surface area contributed by atoms with E-state index in [-0.39, 0.29) is 24.2 Å². The number of aromatic nitrogens is 3. The minimum Gasteiger partial charge on any atom is -0.460 e. The summed E-state index contributed by atoms with van der Waals surface area (Å²) in [6, 6.07) is 18.2. The van der Waals surface area contributed by atoms with Crippen molar-refractivity contribution in [3.63, 3.8) is 0 Å². The Labute approximate surface area is 260 Å². The van der Waals surface area contributed by atoms with Crippen molar-refractivity contribution < 1.29 is 23.5 Å². The number of carbonyl (C=O) groups excluding carboxylic acids is 3. The van der Waals surface area contributed by atoms with Gasteiger partial charge in [-0.25, -0.2) is 14.5 Å². The van der Waals surface area contributed by atoms with E-state index < -0.39 is 11.5 Å². The number of amides is 2. The summed E-state index contributed by atoms with van der Waals surface area (Å²) in [4.78, 5) is 43.8. The van der Waals surface area contributed by atoms with E-state index >= 15 is 0 Å². The van der Waals surface area contributed by atoms with Crippen LogP contribution in [0.4, 0.5) is 5.69 Å². The van der Waals surface area contributed by atoms with Gasteiger partial charge in [0.05, 0.1) is 17.8 Å². The molecule has 3 heterocycles. The second-order valence-electron chi connectivity index (χ2n) is 12.0. The van der Waals surface area contributed by atoms with E-state index in [4.69, 9.17) is 14.3 Å². The lowest BCUT2D eigenvalue weighted by atomic mass is 9.75. The third kappa shape index (κ3) is 5.45. The van der Waals surface area contributed by atoms with E-state index in [1.54, 1.807) is 37.4 Å². The largest absolute Gasteiger partial charge is 0.460 e. The molecule has 2 amide bonds. The molecule has 0 bridgehead atoms. The fourth-order valence-corrected chi connectivity index (χ4v) is 6.57. The Balaban J connectivity index is 1.12. The Hall–Kier alpha value is -4.99. The smallest absolute Gasteiger partial charge is 0.374 e. The number of hydrogen-bond acceptors (Lipinski definition) is 7. The molecular weight excluding hydrogens is 570 g/mol. The highest BCUT2D eigenvalue weighted by atomic mass is 16.5. The zero-order valence-electron chi connectivity index (χ0n) is 25.2. The number of nitrogens with one attached hydrogen (secondary N) is 2.